The summed E-state index contributed by atoms with van der Waals surface area (Å²) in [6.07, 6.45) is 4.45. The second-order valence-electron chi connectivity index (χ2n) is 3.74. The van der Waals surface area contributed by atoms with Gasteiger partial charge in [0.1, 0.15) is 0 Å². The number of likely N-dealkylation sites (N-methyl/N-ethyl adjacent to an activating group) is 1. The molecule has 0 aliphatic carbocycles. The van der Waals surface area contributed by atoms with E-state index in [1.807, 2.05) is 13.8 Å². The monoisotopic (exact) mass is 203 g/mol. The summed E-state index contributed by atoms with van der Waals surface area (Å²) < 4.78 is 0. The van der Waals surface area contributed by atoms with Crippen molar-refractivity contribution in [3.8, 4) is 0 Å². The van der Waals surface area contributed by atoms with Crippen LogP contribution in [0, 0.1) is 13.8 Å². The fourth-order valence-electron chi connectivity index (χ4n) is 1.95. The van der Waals surface area contributed by atoms with Gasteiger partial charge < -0.3 is 4.90 Å². The fourth-order valence-corrected chi connectivity index (χ4v) is 1.95. The highest BCUT2D eigenvalue weighted by Gasteiger charge is 2.12. The van der Waals surface area contributed by atoms with E-state index in [1.165, 1.54) is 22.4 Å². The molecule has 15 heavy (non-hydrogen) atoms. The lowest BCUT2D eigenvalue weighted by Gasteiger charge is -2.26. The molecule has 0 aromatic heterocycles. The highest BCUT2D eigenvalue weighted by Crippen LogP contribution is 2.30. The molecule has 2 rings (SSSR count). The zero-order chi connectivity index (χ0) is 11.4. The number of nitrogens with zero attached hydrogens (tertiary/aromatic N) is 1. The van der Waals surface area contributed by atoms with Crippen LogP contribution in [0.2, 0.25) is 0 Å². The van der Waals surface area contributed by atoms with E-state index in [0.29, 0.717) is 0 Å². The Morgan fingerprint density at radius 3 is 2.27 bits per heavy atom. The highest BCUT2D eigenvalue weighted by molar-refractivity contribution is 5.76. The SMILES string of the molecule is CC.Cc1ccc(C)c2c1C=CCN2C. The molecule has 1 nitrogen and oxygen atoms in total. The van der Waals surface area contributed by atoms with Crippen LogP contribution in [0.5, 0.6) is 0 Å². The van der Waals surface area contributed by atoms with E-state index in [4.69, 9.17) is 0 Å². The molecule has 0 atom stereocenters. The van der Waals surface area contributed by atoms with E-state index >= 15 is 0 Å². The Kier molecular flexibility index (Phi) is 3.96. The van der Waals surface area contributed by atoms with Gasteiger partial charge in [0.05, 0.1) is 0 Å². The van der Waals surface area contributed by atoms with Crippen LogP contribution in [-0.2, 0) is 0 Å². The zero-order valence-corrected chi connectivity index (χ0v) is 10.5. The standard InChI is InChI=1S/C12H15N.C2H6/c1-9-6-7-10(2)12-11(9)5-4-8-13(12)3;1-2/h4-7H,8H2,1-3H3;1-2H3. The topological polar surface area (TPSA) is 3.24 Å². The number of rotatable bonds is 0. The third kappa shape index (κ3) is 2.23. The van der Waals surface area contributed by atoms with Gasteiger partial charge in [-0.2, -0.15) is 0 Å². The quantitative estimate of drug-likeness (QED) is 0.620. The minimum Gasteiger partial charge on any atom is -0.370 e. The van der Waals surface area contributed by atoms with Crippen LogP contribution in [0.15, 0.2) is 18.2 Å². The lowest BCUT2D eigenvalue weighted by Crippen LogP contribution is -2.21. The molecule has 0 bridgehead atoms. The van der Waals surface area contributed by atoms with Crippen molar-refractivity contribution in [3.05, 3.63) is 34.9 Å². The first kappa shape index (κ1) is 11.8. The molecular weight excluding hydrogens is 182 g/mol. The largest absolute Gasteiger partial charge is 0.370 e. The van der Waals surface area contributed by atoms with Gasteiger partial charge in [-0.15, -0.1) is 0 Å². The summed E-state index contributed by atoms with van der Waals surface area (Å²) in [6, 6.07) is 4.39. The molecule has 82 valence electrons. The number of hydrogen-bond acceptors (Lipinski definition) is 1. The molecule has 0 N–H and O–H groups in total. The summed E-state index contributed by atoms with van der Waals surface area (Å²) in [5.41, 5.74) is 5.51. The molecule has 1 heterocycles. The first-order chi connectivity index (χ1) is 7.20. The average Bonchev–Trinajstić information content (AvgIpc) is 2.26. The van der Waals surface area contributed by atoms with E-state index in [1.54, 1.807) is 0 Å². The fraction of sp³-hybridized carbons (Fsp3) is 0.429. The minimum absolute atomic E-state index is 1.03. The van der Waals surface area contributed by atoms with Gasteiger partial charge in [0, 0.05) is 24.8 Å². The second-order valence-corrected chi connectivity index (χ2v) is 3.74. The van der Waals surface area contributed by atoms with Crippen LogP contribution in [0.25, 0.3) is 6.08 Å². The van der Waals surface area contributed by atoms with Crippen molar-refractivity contribution in [1.29, 1.82) is 0 Å². The predicted octanol–water partition coefficient (Wildman–Crippen LogP) is 3.79. The number of aryl methyl sites for hydroxylation is 2. The van der Waals surface area contributed by atoms with Crippen LogP contribution in [0.1, 0.15) is 30.5 Å². The van der Waals surface area contributed by atoms with Gasteiger partial charge in [0.2, 0.25) is 0 Å². The van der Waals surface area contributed by atoms with Gasteiger partial charge in [-0.25, -0.2) is 0 Å². The molecule has 0 unspecified atom stereocenters. The Hall–Kier alpha value is -1.24. The van der Waals surface area contributed by atoms with E-state index in [2.05, 4.69) is 50.1 Å². The van der Waals surface area contributed by atoms with E-state index < -0.39 is 0 Å². The maximum atomic E-state index is 2.30. The Morgan fingerprint density at radius 1 is 1.07 bits per heavy atom. The Labute approximate surface area is 93.4 Å². The third-order valence-corrected chi connectivity index (χ3v) is 2.68. The Balaban J connectivity index is 0.000000531. The van der Waals surface area contributed by atoms with Crippen LogP contribution >= 0.6 is 0 Å². The predicted molar refractivity (Wildman–Crippen MR) is 69.6 cm³/mol. The molecule has 1 heteroatoms. The summed E-state index contributed by atoms with van der Waals surface area (Å²) >= 11 is 0. The average molecular weight is 203 g/mol. The smallest absolute Gasteiger partial charge is 0.0472 e. The van der Waals surface area contributed by atoms with E-state index in [0.717, 1.165) is 6.54 Å². The molecule has 0 spiro atoms. The van der Waals surface area contributed by atoms with Crippen molar-refractivity contribution >= 4 is 11.8 Å². The number of fused-ring (bicyclic) bond motifs is 1. The van der Waals surface area contributed by atoms with Crippen molar-refractivity contribution in [2.75, 3.05) is 18.5 Å². The van der Waals surface area contributed by atoms with Gasteiger partial charge in [-0.3, -0.25) is 0 Å². The van der Waals surface area contributed by atoms with Crippen LogP contribution < -0.4 is 4.90 Å². The molecule has 1 aliphatic heterocycles. The second kappa shape index (κ2) is 5.01. The molecule has 0 saturated heterocycles. The number of benzene rings is 1. The normalized spacial score (nSPS) is 13.0. The van der Waals surface area contributed by atoms with E-state index in [-0.39, 0.29) is 0 Å². The van der Waals surface area contributed by atoms with Gasteiger partial charge in [-0.1, -0.05) is 38.1 Å². The maximum absolute atomic E-state index is 2.30. The zero-order valence-electron chi connectivity index (χ0n) is 10.5. The van der Waals surface area contributed by atoms with Crippen molar-refractivity contribution < 1.29 is 0 Å². The van der Waals surface area contributed by atoms with Gasteiger partial charge in [0.15, 0.2) is 0 Å². The molecule has 0 radical (unpaired) electrons. The van der Waals surface area contributed by atoms with E-state index in [9.17, 15) is 0 Å². The van der Waals surface area contributed by atoms with Crippen LogP contribution in [0.4, 0.5) is 5.69 Å². The minimum atomic E-state index is 1.03. The molecule has 1 aromatic rings. The summed E-state index contributed by atoms with van der Waals surface area (Å²) in [4.78, 5) is 2.30. The lowest BCUT2D eigenvalue weighted by molar-refractivity contribution is 1.00. The van der Waals surface area contributed by atoms with Crippen molar-refractivity contribution in [1.82, 2.24) is 0 Å². The first-order valence-electron chi connectivity index (χ1n) is 5.68. The highest BCUT2D eigenvalue weighted by atomic mass is 15.1. The Bertz CT molecular complexity index is 364. The lowest BCUT2D eigenvalue weighted by atomic mass is 9.99. The molecule has 1 aliphatic rings. The maximum Gasteiger partial charge on any atom is 0.0472 e. The molecule has 0 saturated carbocycles. The van der Waals surface area contributed by atoms with Crippen molar-refractivity contribution in [2.24, 2.45) is 0 Å². The van der Waals surface area contributed by atoms with Gasteiger partial charge in [0.25, 0.3) is 0 Å². The first-order valence-corrected chi connectivity index (χ1v) is 5.68. The third-order valence-electron chi connectivity index (χ3n) is 2.68. The number of hydrogen-bond donors (Lipinski definition) is 0. The summed E-state index contributed by atoms with van der Waals surface area (Å²) in [6.45, 7) is 9.37. The number of anilines is 1. The Morgan fingerprint density at radius 2 is 1.67 bits per heavy atom. The van der Waals surface area contributed by atoms with Crippen LogP contribution in [0.3, 0.4) is 0 Å². The van der Waals surface area contributed by atoms with Crippen molar-refractivity contribution in [2.45, 2.75) is 27.7 Å². The summed E-state index contributed by atoms with van der Waals surface area (Å²) in [5, 5.41) is 0. The summed E-state index contributed by atoms with van der Waals surface area (Å²) in [5.74, 6) is 0. The molecule has 0 amide bonds. The molecule has 1 aromatic carbocycles. The molecular formula is C14H21N. The van der Waals surface area contributed by atoms with Gasteiger partial charge >= 0.3 is 0 Å². The van der Waals surface area contributed by atoms with Crippen molar-refractivity contribution in [3.63, 3.8) is 0 Å². The molecule has 0 fully saturated rings. The van der Waals surface area contributed by atoms with Crippen LogP contribution in [-0.4, -0.2) is 13.6 Å². The summed E-state index contributed by atoms with van der Waals surface area (Å²) in [7, 11) is 2.15. The van der Waals surface area contributed by atoms with Gasteiger partial charge in [-0.05, 0) is 25.0 Å².